The van der Waals surface area contributed by atoms with Crippen LogP contribution in [0.2, 0.25) is 0 Å². The van der Waals surface area contributed by atoms with E-state index < -0.39 is 0 Å². The van der Waals surface area contributed by atoms with Gasteiger partial charge in [0.05, 0.1) is 0 Å². The van der Waals surface area contributed by atoms with Gasteiger partial charge in [-0.05, 0) is 26.3 Å². The third-order valence-electron chi connectivity index (χ3n) is 2.78. The average Bonchev–Trinajstić information content (AvgIpc) is 2.13. The molecule has 0 unspecified atom stereocenters. The fourth-order valence-corrected chi connectivity index (χ4v) is 1.66. The molecule has 1 aliphatic rings. The quantitative estimate of drug-likeness (QED) is 0.755. The fraction of sp³-hybridized carbons (Fsp3) is 0.583. The van der Waals surface area contributed by atoms with E-state index in [0.29, 0.717) is 12.1 Å². The summed E-state index contributed by atoms with van der Waals surface area (Å²) in [5.74, 6) is 0.744. The summed E-state index contributed by atoms with van der Waals surface area (Å²) in [6.07, 6.45) is 2.16. The predicted octanol–water partition coefficient (Wildman–Crippen LogP) is 1.86. The topological polar surface area (TPSA) is 25.4 Å². The third-order valence-corrected chi connectivity index (χ3v) is 2.78. The van der Waals surface area contributed by atoms with Crippen molar-refractivity contribution >= 4 is 0 Å². The van der Waals surface area contributed by atoms with E-state index in [0.717, 1.165) is 19.0 Å². The van der Waals surface area contributed by atoms with Crippen LogP contribution in [0.4, 0.5) is 0 Å². The molecular formula is C12H18N2O. The van der Waals surface area contributed by atoms with Crippen molar-refractivity contribution in [3.8, 4) is 5.88 Å². The van der Waals surface area contributed by atoms with E-state index in [-0.39, 0.29) is 0 Å². The molecule has 1 aromatic rings. The Kier molecular flexibility index (Phi) is 2.91. The molecule has 0 N–H and O–H groups in total. The molecule has 0 aromatic carbocycles. The van der Waals surface area contributed by atoms with Crippen LogP contribution in [-0.2, 0) is 0 Å². The summed E-state index contributed by atoms with van der Waals surface area (Å²) in [6.45, 7) is 8.49. The van der Waals surface area contributed by atoms with Crippen LogP contribution in [0.3, 0.4) is 0 Å². The SMILES string of the molecule is Cc1ccc(OC2CN(C(C)C)C2)nc1. The molecule has 0 aliphatic carbocycles. The number of nitrogens with zero attached hydrogens (tertiary/aromatic N) is 2. The smallest absolute Gasteiger partial charge is 0.213 e. The van der Waals surface area contributed by atoms with Gasteiger partial charge in [-0.15, -0.1) is 0 Å². The first kappa shape index (κ1) is 10.4. The van der Waals surface area contributed by atoms with Crippen molar-refractivity contribution in [2.75, 3.05) is 13.1 Å². The number of likely N-dealkylation sites (tertiary alicyclic amines) is 1. The fourth-order valence-electron chi connectivity index (χ4n) is 1.66. The normalized spacial score (nSPS) is 17.9. The molecule has 1 aliphatic heterocycles. The lowest BCUT2D eigenvalue weighted by Crippen LogP contribution is -2.56. The lowest BCUT2D eigenvalue weighted by atomic mass is 10.1. The molecule has 0 spiro atoms. The molecule has 15 heavy (non-hydrogen) atoms. The van der Waals surface area contributed by atoms with E-state index in [1.54, 1.807) is 0 Å². The van der Waals surface area contributed by atoms with Crippen LogP contribution in [0, 0.1) is 6.92 Å². The standard InChI is InChI=1S/C12H18N2O/c1-9(2)14-7-11(8-14)15-12-5-4-10(3)6-13-12/h4-6,9,11H,7-8H2,1-3H3. The van der Waals surface area contributed by atoms with Gasteiger partial charge in [0.2, 0.25) is 5.88 Å². The molecule has 0 atom stereocenters. The van der Waals surface area contributed by atoms with Crippen molar-refractivity contribution in [2.45, 2.75) is 32.9 Å². The maximum absolute atomic E-state index is 5.73. The van der Waals surface area contributed by atoms with Crippen LogP contribution in [-0.4, -0.2) is 35.1 Å². The van der Waals surface area contributed by atoms with Gasteiger partial charge in [-0.3, -0.25) is 4.90 Å². The van der Waals surface area contributed by atoms with Crippen molar-refractivity contribution in [1.29, 1.82) is 0 Å². The van der Waals surface area contributed by atoms with Crippen LogP contribution in [0.25, 0.3) is 0 Å². The molecular weight excluding hydrogens is 188 g/mol. The second-order valence-corrected chi connectivity index (χ2v) is 4.46. The Balaban J connectivity index is 1.82. The van der Waals surface area contributed by atoms with E-state index in [9.17, 15) is 0 Å². The molecule has 1 aromatic heterocycles. The summed E-state index contributed by atoms with van der Waals surface area (Å²) in [5.41, 5.74) is 1.17. The van der Waals surface area contributed by atoms with Gasteiger partial charge in [-0.25, -0.2) is 4.98 Å². The van der Waals surface area contributed by atoms with E-state index in [2.05, 4.69) is 23.7 Å². The monoisotopic (exact) mass is 206 g/mol. The lowest BCUT2D eigenvalue weighted by molar-refractivity contribution is -0.00228. The third kappa shape index (κ3) is 2.48. The number of hydrogen-bond acceptors (Lipinski definition) is 3. The first-order valence-electron chi connectivity index (χ1n) is 5.48. The predicted molar refractivity (Wildman–Crippen MR) is 60.1 cm³/mol. The van der Waals surface area contributed by atoms with E-state index in [1.165, 1.54) is 5.56 Å². The molecule has 2 rings (SSSR count). The number of aryl methyl sites for hydroxylation is 1. The van der Waals surface area contributed by atoms with Crippen molar-refractivity contribution in [3.63, 3.8) is 0 Å². The number of aromatic nitrogens is 1. The first-order valence-corrected chi connectivity index (χ1v) is 5.48. The van der Waals surface area contributed by atoms with Crippen molar-refractivity contribution in [3.05, 3.63) is 23.9 Å². The van der Waals surface area contributed by atoms with Gasteiger partial charge in [0.15, 0.2) is 0 Å². The van der Waals surface area contributed by atoms with Gasteiger partial charge in [-0.1, -0.05) is 6.07 Å². The van der Waals surface area contributed by atoms with Gasteiger partial charge in [0.1, 0.15) is 6.10 Å². The Hall–Kier alpha value is -1.09. The highest BCUT2D eigenvalue weighted by atomic mass is 16.5. The van der Waals surface area contributed by atoms with Crippen molar-refractivity contribution in [2.24, 2.45) is 0 Å². The number of ether oxygens (including phenoxy) is 1. The van der Waals surface area contributed by atoms with Gasteiger partial charge < -0.3 is 4.74 Å². The van der Waals surface area contributed by atoms with E-state index in [4.69, 9.17) is 4.74 Å². The van der Waals surface area contributed by atoms with Gasteiger partial charge in [0.25, 0.3) is 0 Å². The zero-order valence-corrected chi connectivity index (χ0v) is 9.60. The highest BCUT2D eigenvalue weighted by molar-refractivity contribution is 5.16. The summed E-state index contributed by atoms with van der Waals surface area (Å²) >= 11 is 0. The summed E-state index contributed by atoms with van der Waals surface area (Å²) in [4.78, 5) is 6.62. The lowest BCUT2D eigenvalue weighted by Gasteiger charge is -2.41. The largest absolute Gasteiger partial charge is 0.472 e. The highest BCUT2D eigenvalue weighted by Gasteiger charge is 2.30. The summed E-state index contributed by atoms with van der Waals surface area (Å²) in [6, 6.07) is 4.59. The number of rotatable bonds is 3. The number of hydrogen-bond donors (Lipinski definition) is 0. The Bertz CT molecular complexity index is 315. The minimum absolute atomic E-state index is 0.322. The van der Waals surface area contributed by atoms with Gasteiger partial charge >= 0.3 is 0 Å². The highest BCUT2D eigenvalue weighted by Crippen LogP contribution is 2.17. The Morgan fingerprint density at radius 1 is 1.40 bits per heavy atom. The first-order chi connectivity index (χ1) is 7.15. The van der Waals surface area contributed by atoms with Gasteiger partial charge in [-0.2, -0.15) is 0 Å². The number of pyridine rings is 1. The summed E-state index contributed by atoms with van der Waals surface area (Å²) in [7, 11) is 0. The summed E-state index contributed by atoms with van der Waals surface area (Å²) < 4.78 is 5.73. The van der Waals surface area contributed by atoms with Crippen molar-refractivity contribution in [1.82, 2.24) is 9.88 Å². The molecule has 0 bridgehead atoms. The Labute approximate surface area is 91.1 Å². The van der Waals surface area contributed by atoms with Crippen molar-refractivity contribution < 1.29 is 4.74 Å². The average molecular weight is 206 g/mol. The van der Waals surface area contributed by atoms with Crippen LogP contribution in [0.5, 0.6) is 5.88 Å². The minimum Gasteiger partial charge on any atom is -0.472 e. The minimum atomic E-state index is 0.322. The van der Waals surface area contributed by atoms with Gasteiger partial charge in [0, 0.05) is 31.4 Å². The Morgan fingerprint density at radius 3 is 2.67 bits per heavy atom. The zero-order chi connectivity index (χ0) is 10.8. The maximum Gasteiger partial charge on any atom is 0.213 e. The second-order valence-electron chi connectivity index (χ2n) is 4.46. The zero-order valence-electron chi connectivity index (χ0n) is 9.60. The molecule has 0 saturated carbocycles. The van der Waals surface area contributed by atoms with E-state index >= 15 is 0 Å². The molecule has 1 fully saturated rings. The summed E-state index contributed by atoms with van der Waals surface area (Å²) in [5, 5.41) is 0. The second kappa shape index (κ2) is 4.19. The molecule has 82 valence electrons. The molecule has 3 heteroatoms. The molecule has 0 amide bonds. The maximum atomic E-state index is 5.73. The molecule has 3 nitrogen and oxygen atoms in total. The Morgan fingerprint density at radius 2 is 2.13 bits per heavy atom. The van der Waals surface area contributed by atoms with Crippen LogP contribution in [0.15, 0.2) is 18.3 Å². The molecule has 2 heterocycles. The van der Waals surface area contributed by atoms with Crippen LogP contribution < -0.4 is 4.74 Å². The van der Waals surface area contributed by atoms with Crippen LogP contribution in [0.1, 0.15) is 19.4 Å². The van der Waals surface area contributed by atoms with Crippen LogP contribution >= 0.6 is 0 Å². The molecule has 0 radical (unpaired) electrons. The molecule has 1 saturated heterocycles. The van der Waals surface area contributed by atoms with E-state index in [1.807, 2.05) is 25.3 Å².